The normalized spacial score (nSPS) is 58.7. The number of hydrogen-bond acceptors (Lipinski definition) is 1. The minimum atomic E-state index is 0.124. The third-order valence-electron chi connectivity index (χ3n) is 6.45. The Morgan fingerprint density at radius 1 is 1.00 bits per heavy atom. The van der Waals surface area contributed by atoms with E-state index in [9.17, 15) is 0 Å². The first-order valence-electron chi connectivity index (χ1n) is 7.14. The summed E-state index contributed by atoms with van der Waals surface area (Å²) in [6.07, 6.45) is 5.44. The molecule has 0 amide bonds. The Kier molecular flexibility index (Phi) is 2.11. The number of nitrogens with two attached hydrogens (primary N) is 1. The minimum Gasteiger partial charge on any atom is -0.325 e. The van der Waals surface area contributed by atoms with Gasteiger partial charge < -0.3 is 5.73 Å². The highest BCUT2D eigenvalue weighted by Crippen LogP contribution is 2.70. The van der Waals surface area contributed by atoms with Gasteiger partial charge in [-0.05, 0) is 61.2 Å². The number of hydrogen-bond donors (Lipinski definition) is 1. The van der Waals surface area contributed by atoms with Crippen LogP contribution in [0.25, 0.3) is 0 Å². The molecule has 3 saturated carbocycles. The van der Waals surface area contributed by atoms with Gasteiger partial charge in [-0.25, -0.2) is 0 Å². The average Bonchev–Trinajstić information content (AvgIpc) is 2.51. The molecule has 1 nitrogen and oxygen atoms in total. The fourth-order valence-electron chi connectivity index (χ4n) is 5.35. The maximum atomic E-state index is 6.60. The van der Waals surface area contributed by atoms with Crippen LogP contribution in [0.15, 0.2) is 0 Å². The van der Waals surface area contributed by atoms with Gasteiger partial charge in [-0.15, -0.1) is 0 Å². The minimum absolute atomic E-state index is 0.124. The van der Waals surface area contributed by atoms with Crippen LogP contribution in [0.1, 0.15) is 53.4 Å². The Morgan fingerprint density at radius 2 is 1.69 bits per heavy atom. The largest absolute Gasteiger partial charge is 0.325 e. The Bertz CT molecular complexity index is 305. The summed E-state index contributed by atoms with van der Waals surface area (Å²) in [5.74, 6) is 4.61. The lowest BCUT2D eigenvalue weighted by Crippen LogP contribution is -2.46. The maximum Gasteiger partial charge on any atom is 0.0157 e. The van der Waals surface area contributed by atoms with Crippen molar-refractivity contribution >= 4 is 0 Å². The Morgan fingerprint density at radius 3 is 2.38 bits per heavy atom. The molecule has 0 aromatic heterocycles. The molecule has 0 radical (unpaired) electrons. The average molecular weight is 221 g/mol. The van der Waals surface area contributed by atoms with Gasteiger partial charge in [0, 0.05) is 5.54 Å². The van der Waals surface area contributed by atoms with Crippen LogP contribution in [0.4, 0.5) is 0 Å². The fraction of sp³-hybridized carbons (Fsp3) is 1.00. The summed E-state index contributed by atoms with van der Waals surface area (Å²) >= 11 is 0. The van der Waals surface area contributed by atoms with E-state index in [-0.39, 0.29) is 5.54 Å². The van der Waals surface area contributed by atoms with E-state index in [2.05, 4.69) is 27.7 Å². The molecule has 0 bridgehead atoms. The van der Waals surface area contributed by atoms with Crippen LogP contribution in [0, 0.1) is 35.0 Å². The summed E-state index contributed by atoms with van der Waals surface area (Å²) < 4.78 is 0. The fourth-order valence-corrected chi connectivity index (χ4v) is 5.35. The highest BCUT2D eigenvalue weighted by Gasteiger charge is 2.66. The van der Waals surface area contributed by atoms with Crippen LogP contribution >= 0.6 is 0 Å². The van der Waals surface area contributed by atoms with Crippen LogP contribution in [0.5, 0.6) is 0 Å². The zero-order valence-corrected chi connectivity index (χ0v) is 11.3. The maximum absolute atomic E-state index is 6.60. The van der Waals surface area contributed by atoms with Crippen molar-refractivity contribution in [2.24, 2.45) is 40.7 Å². The van der Waals surface area contributed by atoms with E-state index in [1.807, 2.05) is 0 Å². The molecule has 3 fully saturated rings. The van der Waals surface area contributed by atoms with Gasteiger partial charge in [0.2, 0.25) is 0 Å². The highest BCUT2D eigenvalue weighted by molar-refractivity contribution is 5.15. The predicted octanol–water partition coefficient (Wildman–Crippen LogP) is 3.43. The second kappa shape index (κ2) is 3.04. The van der Waals surface area contributed by atoms with Crippen LogP contribution in [0.2, 0.25) is 0 Å². The zero-order valence-electron chi connectivity index (χ0n) is 11.3. The molecule has 0 aromatic carbocycles. The van der Waals surface area contributed by atoms with E-state index in [0.717, 1.165) is 29.6 Å². The van der Waals surface area contributed by atoms with Crippen LogP contribution in [-0.4, -0.2) is 5.54 Å². The summed E-state index contributed by atoms with van der Waals surface area (Å²) in [4.78, 5) is 0. The van der Waals surface area contributed by atoms with Crippen molar-refractivity contribution in [1.29, 1.82) is 0 Å². The van der Waals surface area contributed by atoms with Crippen molar-refractivity contribution in [3.8, 4) is 0 Å². The van der Waals surface area contributed by atoms with Crippen LogP contribution < -0.4 is 5.73 Å². The van der Waals surface area contributed by atoms with E-state index >= 15 is 0 Å². The van der Waals surface area contributed by atoms with Gasteiger partial charge in [-0.1, -0.05) is 27.2 Å². The van der Waals surface area contributed by atoms with Crippen LogP contribution in [-0.2, 0) is 0 Å². The smallest absolute Gasteiger partial charge is 0.0157 e. The lowest BCUT2D eigenvalue weighted by atomic mass is 9.73. The molecule has 92 valence electrons. The highest BCUT2D eigenvalue weighted by atomic mass is 14.8. The first-order chi connectivity index (χ1) is 7.36. The number of fused-ring (bicyclic) bond motifs is 3. The van der Waals surface area contributed by atoms with E-state index < -0.39 is 0 Å². The lowest BCUT2D eigenvalue weighted by Gasteiger charge is -2.36. The predicted molar refractivity (Wildman–Crippen MR) is 68.0 cm³/mol. The molecule has 3 aliphatic carbocycles. The van der Waals surface area contributed by atoms with Crippen molar-refractivity contribution in [2.45, 2.75) is 58.9 Å². The van der Waals surface area contributed by atoms with E-state index in [1.54, 1.807) is 0 Å². The van der Waals surface area contributed by atoms with Crippen molar-refractivity contribution < 1.29 is 0 Å². The summed E-state index contributed by atoms with van der Waals surface area (Å²) in [5.41, 5.74) is 7.34. The van der Waals surface area contributed by atoms with Crippen molar-refractivity contribution in [3.05, 3.63) is 0 Å². The van der Waals surface area contributed by atoms with E-state index in [0.29, 0.717) is 5.41 Å². The zero-order chi connectivity index (χ0) is 11.7. The molecule has 0 aliphatic heterocycles. The summed E-state index contributed by atoms with van der Waals surface area (Å²) in [5, 5.41) is 0. The molecule has 3 rings (SSSR count). The van der Waals surface area contributed by atoms with Gasteiger partial charge in [0.1, 0.15) is 0 Å². The molecule has 0 aromatic rings. The molecule has 0 saturated heterocycles. The lowest BCUT2D eigenvalue weighted by molar-refractivity contribution is 0.174. The second-order valence-electron chi connectivity index (χ2n) is 7.74. The Labute approximate surface area is 100 Å². The third kappa shape index (κ3) is 1.27. The third-order valence-corrected chi connectivity index (χ3v) is 6.45. The molecule has 2 N–H and O–H groups in total. The first kappa shape index (κ1) is 11.1. The number of rotatable bonds is 0. The van der Waals surface area contributed by atoms with E-state index in [1.165, 1.54) is 25.7 Å². The van der Waals surface area contributed by atoms with Gasteiger partial charge in [-0.2, -0.15) is 0 Å². The first-order valence-corrected chi connectivity index (χ1v) is 7.14. The van der Waals surface area contributed by atoms with Crippen LogP contribution in [0.3, 0.4) is 0 Å². The molecule has 0 heterocycles. The molecular formula is C15H27N. The molecule has 6 atom stereocenters. The Balaban J connectivity index is 1.94. The molecule has 3 aliphatic rings. The van der Waals surface area contributed by atoms with Crippen molar-refractivity contribution in [2.75, 3.05) is 0 Å². The Hall–Kier alpha value is -0.0400. The molecule has 1 heteroatoms. The topological polar surface area (TPSA) is 26.0 Å². The van der Waals surface area contributed by atoms with E-state index in [4.69, 9.17) is 5.73 Å². The van der Waals surface area contributed by atoms with Crippen molar-refractivity contribution in [1.82, 2.24) is 0 Å². The quantitative estimate of drug-likeness (QED) is 0.666. The molecular weight excluding hydrogens is 194 g/mol. The van der Waals surface area contributed by atoms with Gasteiger partial charge in [0.05, 0.1) is 0 Å². The monoisotopic (exact) mass is 221 g/mol. The standard InChI is InChI=1S/C15H27N/c1-9-5-6-10-12(9)13-11(14(13,2)3)7-8-15(10,4)16/h9-13H,5-8,16H2,1-4H3. The van der Waals surface area contributed by atoms with Crippen molar-refractivity contribution in [3.63, 3.8) is 0 Å². The second-order valence-corrected chi connectivity index (χ2v) is 7.74. The molecule has 6 unspecified atom stereocenters. The summed E-state index contributed by atoms with van der Waals surface area (Å²) in [6.45, 7) is 9.77. The SMILES string of the molecule is CC1CCC2C1C1C(CCC2(C)N)C1(C)C. The van der Waals surface area contributed by atoms with Gasteiger partial charge >= 0.3 is 0 Å². The molecule has 0 spiro atoms. The summed E-state index contributed by atoms with van der Waals surface area (Å²) in [7, 11) is 0. The molecule has 16 heavy (non-hydrogen) atoms. The van der Waals surface area contributed by atoms with Gasteiger partial charge in [0.25, 0.3) is 0 Å². The van der Waals surface area contributed by atoms with Gasteiger partial charge in [0.15, 0.2) is 0 Å². The van der Waals surface area contributed by atoms with Gasteiger partial charge in [-0.3, -0.25) is 0 Å². The summed E-state index contributed by atoms with van der Waals surface area (Å²) in [6, 6.07) is 0.